The van der Waals surface area contributed by atoms with Crippen LogP contribution in [-0.4, -0.2) is 9.91 Å². The van der Waals surface area contributed by atoms with Crippen LogP contribution in [0.3, 0.4) is 0 Å². The van der Waals surface area contributed by atoms with Crippen molar-refractivity contribution in [3.05, 3.63) is 74.6 Å². The minimum absolute atomic E-state index is 0.00798. The molecule has 0 amide bonds. The molecule has 5 nitrogen and oxygen atoms in total. The summed E-state index contributed by atoms with van der Waals surface area (Å²) >= 11 is 0. The average Bonchev–Trinajstić information content (AvgIpc) is 2.48. The van der Waals surface area contributed by atoms with E-state index in [0.29, 0.717) is 11.1 Å². The molecule has 0 atom stereocenters. The Morgan fingerprint density at radius 2 is 1.71 bits per heavy atom. The van der Waals surface area contributed by atoms with Gasteiger partial charge in [0.2, 0.25) is 0 Å². The number of nitro groups is 1. The van der Waals surface area contributed by atoms with Crippen molar-refractivity contribution in [3.8, 4) is 11.1 Å². The average molecular weight is 280 g/mol. The van der Waals surface area contributed by atoms with Gasteiger partial charge in [-0.1, -0.05) is 18.2 Å². The number of nitrogens with zero attached hydrogens (tertiary/aromatic N) is 1. The molecule has 0 aliphatic carbocycles. The fourth-order valence-electron chi connectivity index (χ4n) is 2.51. The molecule has 3 rings (SSSR count). The number of hydrogen-bond donors (Lipinski definition) is 1. The zero-order valence-electron chi connectivity index (χ0n) is 11.3. The Labute approximate surface area is 120 Å². The van der Waals surface area contributed by atoms with Crippen molar-refractivity contribution < 1.29 is 4.92 Å². The largest absolute Gasteiger partial charge is 0.321 e. The molecule has 5 heteroatoms. The maximum absolute atomic E-state index is 12.3. The van der Waals surface area contributed by atoms with E-state index in [4.69, 9.17) is 0 Å². The Balaban J connectivity index is 2.24. The van der Waals surface area contributed by atoms with Crippen molar-refractivity contribution in [2.75, 3.05) is 0 Å². The van der Waals surface area contributed by atoms with Gasteiger partial charge in [-0.15, -0.1) is 0 Å². The molecule has 0 radical (unpaired) electrons. The zero-order valence-corrected chi connectivity index (χ0v) is 11.3. The highest BCUT2D eigenvalue weighted by atomic mass is 16.6. The van der Waals surface area contributed by atoms with Gasteiger partial charge in [0.1, 0.15) is 0 Å². The number of benzene rings is 2. The van der Waals surface area contributed by atoms with Gasteiger partial charge >= 0.3 is 0 Å². The molecule has 2 aromatic carbocycles. The highest BCUT2D eigenvalue weighted by Gasteiger charge is 2.12. The fraction of sp³-hybridized carbons (Fsp3) is 0.0625. The first-order valence-electron chi connectivity index (χ1n) is 6.44. The lowest BCUT2D eigenvalue weighted by Gasteiger charge is -2.08. The van der Waals surface area contributed by atoms with E-state index in [0.717, 1.165) is 16.5 Å². The van der Waals surface area contributed by atoms with Gasteiger partial charge in [0.25, 0.3) is 11.2 Å². The first kappa shape index (κ1) is 13.1. The van der Waals surface area contributed by atoms with Gasteiger partial charge in [-0.05, 0) is 36.2 Å². The van der Waals surface area contributed by atoms with Gasteiger partial charge in [0.05, 0.1) is 10.5 Å². The molecule has 0 aliphatic rings. The fourth-order valence-corrected chi connectivity index (χ4v) is 2.51. The van der Waals surface area contributed by atoms with Crippen LogP contribution < -0.4 is 5.56 Å². The van der Waals surface area contributed by atoms with Crippen LogP contribution in [0.4, 0.5) is 5.69 Å². The standard InChI is InChI=1S/C16H12N2O3/c1-10-13-4-2-3-5-14(13)17-16(19)15(10)11-6-8-12(9-7-11)18(20)21/h2-9H,1H3,(H,17,19). The number of pyridine rings is 1. The summed E-state index contributed by atoms with van der Waals surface area (Å²) in [5.74, 6) is 0. The summed E-state index contributed by atoms with van der Waals surface area (Å²) in [6, 6.07) is 13.6. The summed E-state index contributed by atoms with van der Waals surface area (Å²) in [6.07, 6.45) is 0. The molecule has 0 saturated heterocycles. The van der Waals surface area contributed by atoms with Crippen molar-refractivity contribution >= 4 is 16.6 Å². The summed E-state index contributed by atoms with van der Waals surface area (Å²) in [5, 5.41) is 11.7. The molecule has 21 heavy (non-hydrogen) atoms. The second-order valence-electron chi connectivity index (χ2n) is 4.80. The van der Waals surface area contributed by atoms with E-state index in [1.165, 1.54) is 12.1 Å². The third-order valence-electron chi connectivity index (χ3n) is 3.55. The third-order valence-corrected chi connectivity index (χ3v) is 3.55. The Kier molecular flexibility index (Phi) is 3.02. The predicted octanol–water partition coefficient (Wildman–Crippen LogP) is 3.41. The van der Waals surface area contributed by atoms with Gasteiger partial charge in [-0.25, -0.2) is 0 Å². The van der Waals surface area contributed by atoms with Crippen LogP contribution in [0.5, 0.6) is 0 Å². The molecular formula is C16H12N2O3. The number of non-ortho nitro benzene ring substituents is 1. The van der Waals surface area contributed by atoms with E-state index < -0.39 is 4.92 Å². The minimum Gasteiger partial charge on any atom is -0.321 e. The number of para-hydroxylation sites is 1. The van der Waals surface area contributed by atoms with E-state index in [-0.39, 0.29) is 11.2 Å². The molecule has 0 saturated carbocycles. The lowest BCUT2D eigenvalue weighted by Crippen LogP contribution is -2.11. The Bertz CT molecular complexity index is 896. The van der Waals surface area contributed by atoms with Crippen LogP contribution in [-0.2, 0) is 0 Å². The molecule has 0 aliphatic heterocycles. The van der Waals surface area contributed by atoms with Crippen molar-refractivity contribution in [1.29, 1.82) is 0 Å². The molecular weight excluding hydrogens is 268 g/mol. The number of rotatable bonds is 2. The molecule has 0 fully saturated rings. The van der Waals surface area contributed by atoms with Gasteiger partial charge in [0, 0.05) is 23.0 Å². The number of aromatic amines is 1. The van der Waals surface area contributed by atoms with Crippen LogP contribution in [0, 0.1) is 17.0 Å². The molecule has 0 spiro atoms. The number of hydrogen-bond acceptors (Lipinski definition) is 3. The van der Waals surface area contributed by atoms with Gasteiger partial charge in [-0.2, -0.15) is 0 Å². The highest BCUT2D eigenvalue weighted by molar-refractivity contribution is 5.88. The second kappa shape index (κ2) is 4.86. The van der Waals surface area contributed by atoms with Crippen LogP contribution >= 0.6 is 0 Å². The number of aromatic nitrogens is 1. The molecule has 1 heterocycles. The molecule has 1 aromatic heterocycles. The van der Waals surface area contributed by atoms with E-state index >= 15 is 0 Å². The summed E-state index contributed by atoms with van der Waals surface area (Å²) in [6.45, 7) is 1.88. The SMILES string of the molecule is Cc1c(-c2ccc([N+](=O)[O-])cc2)c(=O)[nH]c2ccccc12. The van der Waals surface area contributed by atoms with Crippen LogP contribution in [0.2, 0.25) is 0 Å². The maximum Gasteiger partial charge on any atom is 0.269 e. The Hall–Kier alpha value is -2.95. The van der Waals surface area contributed by atoms with E-state index in [9.17, 15) is 14.9 Å². The lowest BCUT2D eigenvalue weighted by molar-refractivity contribution is -0.384. The molecule has 0 bridgehead atoms. The van der Waals surface area contributed by atoms with Crippen LogP contribution in [0.15, 0.2) is 53.3 Å². The number of nitrogens with one attached hydrogen (secondary N) is 1. The molecule has 3 aromatic rings. The van der Waals surface area contributed by atoms with Crippen molar-refractivity contribution in [2.45, 2.75) is 6.92 Å². The maximum atomic E-state index is 12.3. The van der Waals surface area contributed by atoms with Crippen LogP contribution in [0.1, 0.15) is 5.56 Å². The summed E-state index contributed by atoms with van der Waals surface area (Å²) in [4.78, 5) is 25.4. The minimum atomic E-state index is -0.457. The predicted molar refractivity (Wildman–Crippen MR) is 81.4 cm³/mol. The number of H-pyrrole nitrogens is 1. The molecule has 0 unspecified atom stereocenters. The number of fused-ring (bicyclic) bond motifs is 1. The smallest absolute Gasteiger partial charge is 0.269 e. The summed E-state index contributed by atoms with van der Waals surface area (Å²) in [5.41, 5.74) is 2.68. The highest BCUT2D eigenvalue weighted by Crippen LogP contribution is 2.26. The monoisotopic (exact) mass is 280 g/mol. The molecule has 104 valence electrons. The van der Waals surface area contributed by atoms with Crippen molar-refractivity contribution in [3.63, 3.8) is 0 Å². The summed E-state index contributed by atoms with van der Waals surface area (Å²) < 4.78 is 0. The first-order valence-corrected chi connectivity index (χ1v) is 6.44. The van der Waals surface area contributed by atoms with Crippen molar-refractivity contribution in [1.82, 2.24) is 4.98 Å². The van der Waals surface area contributed by atoms with E-state index in [1.807, 2.05) is 31.2 Å². The Morgan fingerprint density at radius 3 is 2.38 bits per heavy atom. The number of aryl methyl sites for hydroxylation is 1. The van der Waals surface area contributed by atoms with Crippen LogP contribution in [0.25, 0.3) is 22.0 Å². The van der Waals surface area contributed by atoms with Gasteiger partial charge < -0.3 is 4.98 Å². The van der Waals surface area contributed by atoms with E-state index in [2.05, 4.69) is 4.98 Å². The van der Waals surface area contributed by atoms with E-state index in [1.54, 1.807) is 12.1 Å². The quantitative estimate of drug-likeness (QED) is 0.577. The lowest BCUT2D eigenvalue weighted by atomic mass is 9.98. The summed E-state index contributed by atoms with van der Waals surface area (Å²) in [7, 11) is 0. The second-order valence-corrected chi connectivity index (χ2v) is 4.80. The molecule has 1 N–H and O–H groups in total. The third kappa shape index (κ3) is 2.18. The first-order chi connectivity index (χ1) is 10.1. The van der Waals surface area contributed by atoms with Crippen molar-refractivity contribution in [2.24, 2.45) is 0 Å². The van der Waals surface area contributed by atoms with Gasteiger partial charge in [0.15, 0.2) is 0 Å². The normalized spacial score (nSPS) is 10.7. The Morgan fingerprint density at radius 1 is 1.05 bits per heavy atom. The van der Waals surface area contributed by atoms with Gasteiger partial charge in [-0.3, -0.25) is 14.9 Å². The zero-order chi connectivity index (χ0) is 15.0. The number of nitro benzene ring substituents is 1. The topological polar surface area (TPSA) is 76.0 Å².